The molecule has 0 amide bonds. The van der Waals surface area contributed by atoms with Gasteiger partial charge >= 0.3 is 0 Å². The fourth-order valence-electron chi connectivity index (χ4n) is 5.45. The zero-order valence-electron chi connectivity index (χ0n) is 18.5. The molecule has 0 aliphatic heterocycles. The van der Waals surface area contributed by atoms with Gasteiger partial charge in [-0.15, -0.1) is 0 Å². The highest BCUT2D eigenvalue weighted by Gasteiger charge is 2.61. The van der Waals surface area contributed by atoms with Crippen molar-refractivity contribution in [2.45, 2.75) is 106 Å². The van der Waals surface area contributed by atoms with Crippen LogP contribution < -0.4 is 0 Å². The van der Waals surface area contributed by atoms with Crippen molar-refractivity contribution < 1.29 is 9.90 Å². The van der Waals surface area contributed by atoms with Crippen molar-refractivity contribution in [1.82, 2.24) is 0 Å². The lowest BCUT2D eigenvalue weighted by atomic mass is 9.58. The van der Waals surface area contributed by atoms with E-state index >= 15 is 0 Å². The lowest BCUT2D eigenvalue weighted by Crippen LogP contribution is -2.47. The Hall–Kier alpha value is -0.630. The normalized spacial score (nSPS) is 32.3. The van der Waals surface area contributed by atoms with Gasteiger partial charge in [0, 0.05) is 17.3 Å². The minimum atomic E-state index is -0.172. The number of aliphatic hydroxyl groups is 1. The maximum absolute atomic E-state index is 11.6. The predicted molar refractivity (Wildman–Crippen MR) is 110 cm³/mol. The zero-order chi connectivity index (χ0) is 20.0. The highest BCUT2D eigenvalue weighted by Crippen LogP contribution is 2.63. The molecule has 2 bridgehead atoms. The number of fused-ring (bicyclic) bond motifs is 2. The largest absolute Gasteiger partial charge is 0.392 e. The molecular formula is C24H42O2. The molecule has 3 unspecified atom stereocenters. The second-order valence-electron chi connectivity index (χ2n) is 11.4. The fourth-order valence-corrected chi connectivity index (χ4v) is 5.45. The Morgan fingerprint density at radius 3 is 2.00 bits per heavy atom. The van der Waals surface area contributed by atoms with Crippen LogP contribution in [0.3, 0.4) is 0 Å². The van der Waals surface area contributed by atoms with Crippen LogP contribution in [-0.4, -0.2) is 17.0 Å². The van der Waals surface area contributed by atoms with Crippen LogP contribution in [0.2, 0.25) is 0 Å². The summed E-state index contributed by atoms with van der Waals surface area (Å²) in [6.45, 7) is 17.4. The van der Waals surface area contributed by atoms with Gasteiger partial charge in [0.2, 0.25) is 0 Å². The third kappa shape index (κ3) is 3.68. The summed E-state index contributed by atoms with van der Waals surface area (Å²) < 4.78 is 0. The summed E-state index contributed by atoms with van der Waals surface area (Å²) in [6.07, 6.45) is 10.1. The highest BCUT2D eigenvalue weighted by molar-refractivity contribution is 5.89. The first-order valence-corrected chi connectivity index (χ1v) is 10.6. The van der Waals surface area contributed by atoms with Gasteiger partial charge in [0.25, 0.3) is 0 Å². The number of rotatable bonds is 3. The van der Waals surface area contributed by atoms with Crippen molar-refractivity contribution in [1.29, 1.82) is 0 Å². The van der Waals surface area contributed by atoms with Crippen molar-refractivity contribution in [3.63, 3.8) is 0 Å². The molecule has 3 rings (SSSR count). The van der Waals surface area contributed by atoms with E-state index in [4.69, 9.17) is 0 Å². The van der Waals surface area contributed by atoms with Crippen LogP contribution in [0.5, 0.6) is 0 Å². The summed E-state index contributed by atoms with van der Waals surface area (Å²) in [5.74, 6) is 1.19. The molecule has 0 aromatic heterocycles. The molecule has 0 heterocycles. The minimum absolute atomic E-state index is 0.00983. The Bertz CT molecular complexity index is 555. The molecule has 0 saturated heterocycles. The van der Waals surface area contributed by atoms with E-state index in [0.717, 1.165) is 19.3 Å². The van der Waals surface area contributed by atoms with E-state index in [0.29, 0.717) is 11.7 Å². The topological polar surface area (TPSA) is 37.3 Å². The second kappa shape index (κ2) is 7.08. The molecule has 2 heteroatoms. The summed E-state index contributed by atoms with van der Waals surface area (Å²) >= 11 is 0. The van der Waals surface area contributed by atoms with Crippen molar-refractivity contribution in [3.05, 3.63) is 11.6 Å². The molecule has 0 aromatic carbocycles. The predicted octanol–water partition coefficient (Wildman–Crippen LogP) is 6.32. The van der Waals surface area contributed by atoms with Crippen LogP contribution in [-0.2, 0) is 4.79 Å². The van der Waals surface area contributed by atoms with E-state index in [-0.39, 0.29) is 27.8 Å². The molecule has 0 spiro atoms. The Balaban J connectivity index is 0.000000195. The van der Waals surface area contributed by atoms with Crippen molar-refractivity contribution in [2.75, 3.05) is 0 Å². The first kappa shape index (κ1) is 21.7. The minimum Gasteiger partial charge on any atom is -0.392 e. The van der Waals surface area contributed by atoms with Crippen LogP contribution in [0, 0.1) is 27.6 Å². The summed E-state index contributed by atoms with van der Waals surface area (Å²) in [5, 5.41) is 10.4. The van der Waals surface area contributed by atoms with Crippen LogP contribution in [0.1, 0.15) is 100 Å². The first-order chi connectivity index (χ1) is 11.8. The Labute approximate surface area is 161 Å². The molecular weight excluding hydrogens is 320 g/mol. The lowest BCUT2D eigenvalue weighted by molar-refractivity contribution is -0.128. The monoisotopic (exact) mass is 362 g/mol. The van der Waals surface area contributed by atoms with Gasteiger partial charge < -0.3 is 5.11 Å². The number of carbonyl (C=O) groups excluding carboxylic acids is 1. The summed E-state index contributed by atoms with van der Waals surface area (Å²) in [5.41, 5.74) is 1.86. The van der Waals surface area contributed by atoms with E-state index in [1.807, 2.05) is 0 Å². The number of allylic oxidation sites excluding steroid dienone is 2. The lowest BCUT2D eigenvalue weighted by Gasteiger charge is -2.50. The number of hydrogen-bond acceptors (Lipinski definition) is 2. The molecule has 0 radical (unpaired) electrons. The maximum atomic E-state index is 11.6. The Morgan fingerprint density at radius 2 is 1.77 bits per heavy atom. The molecule has 1 N–H and O–H groups in total. The van der Waals surface area contributed by atoms with Crippen molar-refractivity contribution >= 4 is 5.78 Å². The van der Waals surface area contributed by atoms with Crippen LogP contribution in [0.15, 0.2) is 11.6 Å². The van der Waals surface area contributed by atoms with Crippen molar-refractivity contribution in [3.8, 4) is 0 Å². The van der Waals surface area contributed by atoms with Gasteiger partial charge in [0.15, 0.2) is 0 Å². The molecule has 26 heavy (non-hydrogen) atoms. The number of ketones is 1. The molecule has 150 valence electrons. The molecule has 3 aliphatic carbocycles. The standard InChI is InChI=1S/C14H26O.C10H16O/c1-11(2)7-10-14(8-6-9-14)12(15)13(3,4)5;1-9(2)7-4-5-10(9,3)8(11)6-7/h7,12,15H,6,8-10H2,1-5H3;7H,4-6H2,1-3H3. The van der Waals surface area contributed by atoms with E-state index in [1.54, 1.807) is 0 Å². The van der Waals surface area contributed by atoms with Crippen molar-refractivity contribution in [2.24, 2.45) is 27.6 Å². The second-order valence-corrected chi connectivity index (χ2v) is 11.4. The highest BCUT2D eigenvalue weighted by atomic mass is 16.3. The Kier molecular flexibility index (Phi) is 5.90. The fraction of sp³-hybridized carbons (Fsp3) is 0.875. The van der Waals surface area contributed by atoms with E-state index in [1.165, 1.54) is 31.3 Å². The van der Waals surface area contributed by atoms with Gasteiger partial charge in [-0.05, 0) is 62.7 Å². The number of carbonyl (C=O) groups is 1. The van der Waals surface area contributed by atoms with Crippen LogP contribution in [0.4, 0.5) is 0 Å². The molecule has 3 atom stereocenters. The van der Waals surface area contributed by atoms with Gasteiger partial charge in [0.1, 0.15) is 5.78 Å². The number of aliphatic hydroxyl groups excluding tert-OH is 1. The zero-order valence-corrected chi connectivity index (χ0v) is 18.5. The average Bonchev–Trinajstić information content (AvgIpc) is 2.78. The van der Waals surface area contributed by atoms with Gasteiger partial charge in [-0.2, -0.15) is 0 Å². The summed E-state index contributed by atoms with van der Waals surface area (Å²) in [6, 6.07) is 0. The smallest absolute Gasteiger partial charge is 0.139 e. The third-order valence-electron chi connectivity index (χ3n) is 8.15. The van der Waals surface area contributed by atoms with E-state index in [2.05, 4.69) is 61.5 Å². The summed E-state index contributed by atoms with van der Waals surface area (Å²) in [4.78, 5) is 11.6. The number of Topliss-reactive ketones (excluding diaryl/α,β-unsaturated/α-hetero) is 1. The van der Waals surface area contributed by atoms with E-state index < -0.39 is 0 Å². The number of hydrogen-bond donors (Lipinski definition) is 1. The van der Waals surface area contributed by atoms with Gasteiger partial charge in [0.05, 0.1) is 6.10 Å². The molecule has 3 fully saturated rings. The molecule has 2 nitrogen and oxygen atoms in total. The SMILES string of the molecule is CC(C)=CCC1(C(O)C(C)(C)C)CCC1.CC12CCC(CC1=O)C2(C)C. The van der Waals surface area contributed by atoms with Crippen LogP contribution in [0.25, 0.3) is 0 Å². The maximum Gasteiger partial charge on any atom is 0.139 e. The molecule has 3 saturated carbocycles. The molecule has 0 aromatic rings. The molecule has 3 aliphatic rings. The first-order valence-electron chi connectivity index (χ1n) is 10.6. The van der Waals surface area contributed by atoms with Gasteiger partial charge in [-0.25, -0.2) is 0 Å². The van der Waals surface area contributed by atoms with E-state index in [9.17, 15) is 9.90 Å². The summed E-state index contributed by atoms with van der Waals surface area (Å²) in [7, 11) is 0. The third-order valence-corrected chi connectivity index (χ3v) is 8.15. The van der Waals surface area contributed by atoms with Gasteiger partial charge in [-0.1, -0.05) is 59.6 Å². The van der Waals surface area contributed by atoms with Crippen LogP contribution >= 0.6 is 0 Å². The quantitative estimate of drug-likeness (QED) is 0.596. The van der Waals surface area contributed by atoms with Gasteiger partial charge in [-0.3, -0.25) is 4.79 Å². The average molecular weight is 363 g/mol. The Morgan fingerprint density at radius 1 is 1.19 bits per heavy atom.